The Morgan fingerprint density at radius 1 is 0.966 bits per heavy atom. The van der Waals surface area contributed by atoms with E-state index in [-0.39, 0.29) is 5.82 Å². The van der Waals surface area contributed by atoms with Crippen molar-refractivity contribution in [3.05, 3.63) is 95.3 Å². The number of thioether (sulfide) groups is 1. The largest absolute Gasteiger partial charge is 0.270 e. The van der Waals surface area contributed by atoms with Crippen LogP contribution in [-0.4, -0.2) is 14.8 Å². The van der Waals surface area contributed by atoms with Crippen LogP contribution < -0.4 is 0 Å². The first-order valence-electron chi connectivity index (χ1n) is 9.05. The summed E-state index contributed by atoms with van der Waals surface area (Å²) in [6, 6.07) is 24.1. The minimum absolute atomic E-state index is 0.294. The van der Waals surface area contributed by atoms with Gasteiger partial charge in [-0.05, 0) is 55.0 Å². The number of rotatable bonds is 5. The number of hydrogen-bond acceptors (Lipinski definition) is 4. The first kappa shape index (κ1) is 18.9. The molecule has 29 heavy (non-hydrogen) atoms. The third kappa shape index (κ3) is 4.05. The van der Waals surface area contributed by atoms with E-state index in [1.807, 2.05) is 60.0 Å². The lowest BCUT2D eigenvalue weighted by Crippen LogP contribution is -2.00. The van der Waals surface area contributed by atoms with Crippen molar-refractivity contribution < 1.29 is 4.39 Å². The molecule has 0 N–H and O–H groups in total. The zero-order valence-electron chi connectivity index (χ0n) is 15.7. The van der Waals surface area contributed by atoms with E-state index >= 15 is 0 Å². The van der Waals surface area contributed by atoms with Crippen LogP contribution in [-0.2, 0) is 5.75 Å². The van der Waals surface area contributed by atoms with Gasteiger partial charge in [-0.3, -0.25) is 4.57 Å². The van der Waals surface area contributed by atoms with Gasteiger partial charge in [-0.1, -0.05) is 47.7 Å². The molecule has 1 heterocycles. The molecule has 0 saturated heterocycles. The quantitative estimate of drug-likeness (QED) is 0.412. The summed E-state index contributed by atoms with van der Waals surface area (Å²) in [4.78, 5) is 0. The van der Waals surface area contributed by atoms with Crippen molar-refractivity contribution in [1.29, 1.82) is 5.26 Å². The van der Waals surface area contributed by atoms with Crippen molar-refractivity contribution in [1.82, 2.24) is 14.8 Å². The third-order valence-corrected chi connectivity index (χ3v) is 5.50. The highest BCUT2D eigenvalue weighted by Crippen LogP contribution is 2.30. The lowest BCUT2D eigenvalue weighted by Gasteiger charge is -2.11. The molecule has 0 aliphatic carbocycles. The molecule has 0 bridgehead atoms. The maximum Gasteiger partial charge on any atom is 0.196 e. The van der Waals surface area contributed by atoms with Crippen LogP contribution in [0.5, 0.6) is 0 Å². The standard InChI is InChI=1S/C23H17FN4S/c1-16-6-12-21(13-7-16)28-22(17-8-10-20(24)11-9-17)26-27-23(28)29-15-19-5-3-2-4-18(19)14-25/h2-13H,15H2,1H3. The highest BCUT2D eigenvalue weighted by atomic mass is 32.2. The molecule has 0 aliphatic heterocycles. The van der Waals surface area contributed by atoms with Gasteiger partial charge in [-0.25, -0.2) is 4.39 Å². The number of nitrogens with zero attached hydrogens (tertiary/aromatic N) is 4. The first-order chi connectivity index (χ1) is 14.2. The molecule has 4 aromatic rings. The molecule has 1 aromatic heterocycles. The Labute approximate surface area is 172 Å². The molecule has 0 amide bonds. The summed E-state index contributed by atoms with van der Waals surface area (Å²) in [7, 11) is 0. The number of hydrogen-bond donors (Lipinski definition) is 0. The van der Waals surface area contributed by atoms with E-state index in [0.29, 0.717) is 22.3 Å². The molecule has 0 saturated carbocycles. The van der Waals surface area contributed by atoms with E-state index in [2.05, 4.69) is 16.3 Å². The molecule has 0 atom stereocenters. The van der Waals surface area contributed by atoms with Gasteiger partial charge in [-0.15, -0.1) is 10.2 Å². The molecular weight excluding hydrogens is 383 g/mol. The van der Waals surface area contributed by atoms with Gasteiger partial charge in [0.15, 0.2) is 11.0 Å². The molecule has 0 aliphatic rings. The van der Waals surface area contributed by atoms with E-state index in [0.717, 1.165) is 22.4 Å². The number of benzene rings is 3. The maximum absolute atomic E-state index is 13.4. The van der Waals surface area contributed by atoms with Gasteiger partial charge in [0.25, 0.3) is 0 Å². The molecule has 6 heteroatoms. The van der Waals surface area contributed by atoms with Crippen LogP contribution in [0.3, 0.4) is 0 Å². The smallest absolute Gasteiger partial charge is 0.196 e. The van der Waals surface area contributed by atoms with Crippen LogP contribution in [0.25, 0.3) is 17.1 Å². The van der Waals surface area contributed by atoms with Crippen LogP contribution in [0.15, 0.2) is 78.0 Å². The van der Waals surface area contributed by atoms with Gasteiger partial charge in [0.2, 0.25) is 0 Å². The Bertz CT molecular complexity index is 1170. The first-order valence-corrected chi connectivity index (χ1v) is 10.0. The van der Waals surface area contributed by atoms with Crippen molar-refractivity contribution in [2.24, 2.45) is 0 Å². The van der Waals surface area contributed by atoms with Crippen molar-refractivity contribution in [3.8, 4) is 23.1 Å². The van der Waals surface area contributed by atoms with Crippen LogP contribution in [0, 0.1) is 24.1 Å². The Kier molecular flexibility index (Phi) is 5.41. The summed E-state index contributed by atoms with van der Waals surface area (Å²) in [5.41, 5.74) is 4.46. The van der Waals surface area contributed by atoms with Crippen molar-refractivity contribution in [2.75, 3.05) is 0 Å². The van der Waals surface area contributed by atoms with Crippen LogP contribution in [0.2, 0.25) is 0 Å². The second kappa shape index (κ2) is 8.29. The van der Waals surface area contributed by atoms with E-state index in [1.165, 1.54) is 23.9 Å². The SMILES string of the molecule is Cc1ccc(-n2c(SCc3ccccc3C#N)nnc2-c2ccc(F)cc2)cc1. The van der Waals surface area contributed by atoms with Gasteiger partial charge in [-0.2, -0.15) is 5.26 Å². The molecule has 0 unspecified atom stereocenters. The van der Waals surface area contributed by atoms with Crippen LogP contribution in [0.4, 0.5) is 4.39 Å². The number of halogens is 1. The van der Waals surface area contributed by atoms with Crippen LogP contribution in [0.1, 0.15) is 16.7 Å². The lowest BCUT2D eigenvalue weighted by molar-refractivity contribution is 0.628. The predicted octanol–water partition coefficient (Wildman–Crippen LogP) is 5.55. The Morgan fingerprint density at radius 2 is 1.69 bits per heavy atom. The monoisotopic (exact) mass is 400 g/mol. The van der Waals surface area contributed by atoms with E-state index < -0.39 is 0 Å². The number of aryl methyl sites for hydroxylation is 1. The highest BCUT2D eigenvalue weighted by molar-refractivity contribution is 7.98. The molecule has 0 radical (unpaired) electrons. The number of nitriles is 1. The minimum atomic E-state index is -0.294. The van der Waals surface area contributed by atoms with Crippen molar-refractivity contribution in [2.45, 2.75) is 17.8 Å². The van der Waals surface area contributed by atoms with Gasteiger partial charge >= 0.3 is 0 Å². The molecular formula is C23H17FN4S. The predicted molar refractivity (Wildman–Crippen MR) is 112 cm³/mol. The Hall–Kier alpha value is -3.43. The van der Waals surface area contributed by atoms with E-state index in [4.69, 9.17) is 0 Å². The fourth-order valence-corrected chi connectivity index (χ4v) is 3.93. The zero-order chi connectivity index (χ0) is 20.2. The number of aromatic nitrogens is 3. The highest BCUT2D eigenvalue weighted by Gasteiger charge is 2.17. The van der Waals surface area contributed by atoms with E-state index in [9.17, 15) is 9.65 Å². The normalized spacial score (nSPS) is 10.7. The molecule has 4 rings (SSSR count). The van der Waals surface area contributed by atoms with Crippen molar-refractivity contribution in [3.63, 3.8) is 0 Å². The molecule has 3 aromatic carbocycles. The summed E-state index contributed by atoms with van der Waals surface area (Å²) in [5, 5.41) is 18.8. The maximum atomic E-state index is 13.4. The molecule has 0 fully saturated rings. The van der Waals surface area contributed by atoms with Gasteiger partial charge in [0, 0.05) is 17.0 Å². The van der Waals surface area contributed by atoms with E-state index in [1.54, 1.807) is 12.1 Å². The van der Waals surface area contributed by atoms with Gasteiger partial charge in [0.05, 0.1) is 11.6 Å². The second-order valence-electron chi connectivity index (χ2n) is 6.54. The summed E-state index contributed by atoms with van der Waals surface area (Å²) in [5.74, 6) is 0.944. The average molecular weight is 400 g/mol. The fraction of sp³-hybridized carbons (Fsp3) is 0.0870. The van der Waals surface area contributed by atoms with Gasteiger partial charge in [0.1, 0.15) is 5.82 Å². The Morgan fingerprint density at radius 3 is 2.41 bits per heavy atom. The topological polar surface area (TPSA) is 54.5 Å². The van der Waals surface area contributed by atoms with Crippen LogP contribution >= 0.6 is 11.8 Å². The summed E-state index contributed by atoms with van der Waals surface area (Å²) in [6.45, 7) is 2.03. The molecule has 4 nitrogen and oxygen atoms in total. The third-order valence-electron chi connectivity index (χ3n) is 4.52. The Balaban J connectivity index is 1.74. The second-order valence-corrected chi connectivity index (χ2v) is 7.48. The van der Waals surface area contributed by atoms with Crippen molar-refractivity contribution >= 4 is 11.8 Å². The minimum Gasteiger partial charge on any atom is -0.270 e. The van der Waals surface area contributed by atoms with Gasteiger partial charge < -0.3 is 0 Å². The fourth-order valence-electron chi connectivity index (χ4n) is 2.97. The summed E-state index contributed by atoms with van der Waals surface area (Å²) < 4.78 is 15.3. The average Bonchev–Trinajstić information content (AvgIpc) is 3.17. The molecule has 0 spiro atoms. The zero-order valence-corrected chi connectivity index (χ0v) is 16.5. The molecule has 142 valence electrons. The summed E-state index contributed by atoms with van der Waals surface area (Å²) >= 11 is 1.51. The summed E-state index contributed by atoms with van der Waals surface area (Å²) in [6.07, 6.45) is 0. The lowest BCUT2D eigenvalue weighted by atomic mass is 10.1.